The molecule has 0 bridgehead atoms. The molecule has 0 atom stereocenters. The molecule has 84 valence electrons. The lowest BCUT2D eigenvalue weighted by Crippen LogP contribution is -2.30. The predicted octanol–water partition coefficient (Wildman–Crippen LogP) is 0.376. The van der Waals surface area contributed by atoms with Gasteiger partial charge in [0, 0.05) is 7.05 Å². The molecule has 0 saturated carbocycles. The minimum atomic E-state index is -2.80. The number of ether oxygens (including phenoxy) is 1. The third-order valence-corrected chi connectivity index (χ3v) is 4.20. The van der Waals surface area contributed by atoms with Crippen molar-refractivity contribution in [1.29, 1.82) is 0 Å². The van der Waals surface area contributed by atoms with E-state index in [1.807, 2.05) is 7.05 Å². The van der Waals surface area contributed by atoms with Gasteiger partial charge in [-0.25, -0.2) is 8.42 Å². The Labute approximate surface area is 89.0 Å². The topological polar surface area (TPSA) is 61.2 Å². The second-order valence-electron chi connectivity index (χ2n) is 3.82. The highest BCUT2D eigenvalue weighted by Crippen LogP contribution is 2.19. The van der Waals surface area contributed by atoms with E-state index in [2.05, 4.69) is 5.10 Å². The summed E-state index contributed by atoms with van der Waals surface area (Å²) >= 11 is 0. The molecule has 1 aliphatic heterocycles. The van der Waals surface area contributed by atoms with Crippen molar-refractivity contribution in [3.63, 3.8) is 0 Å². The van der Waals surface area contributed by atoms with Gasteiger partial charge in [0.2, 0.25) is 0 Å². The molecule has 0 N–H and O–H groups in total. The summed E-state index contributed by atoms with van der Waals surface area (Å²) < 4.78 is 29.6. The highest BCUT2D eigenvalue weighted by molar-refractivity contribution is 7.91. The van der Waals surface area contributed by atoms with Crippen molar-refractivity contribution < 1.29 is 13.2 Å². The lowest BCUT2D eigenvalue weighted by molar-refractivity contribution is 0.189. The first kappa shape index (κ1) is 10.5. The molecular weight excluding hydrogens is 216 g/mol. The fourth-order valence-corrected chi connectivity index (χ4v) is 3.09. The first-order valence-corrected chi connectivity index (χ1v) is 6.73. The van der Waals surface area contributed by atoms with Gasteiger partial charge in [-0.3, -0.25) is 4.68 Å². The number of sulfone groups is 1. The summed E-state index contributed by atoms with van der Waals surface area (Å²) in [4.78, 5) is 0. The zero-order valence-electron chi connectivity index (χ0n) is 8.59. The number of rotatable bonds is 2. The molecule has 0 unspecified atom stereocenters. The number of hydrogen-bond donors (Lipinski definition) is 0. The number of hydrogen-bond acceptors (Lipinski definition) is 4. The van der Waals surface area contributed by atoms with Crippen molar-refractivity contribution in [2.75, 3.05) is 11.5 Å². The molecule has 1 saturated heterocycles. The zero-order chi connectivity index (χ0) is 10.9. The van der Waals surface area contributed by atoms with Crippen LogP contribution in [0.5, 0.6) is 5.75 Å². The van der Waals surface area contributed by atoms with Gasteiger partial charge in [0.25, 0.3) is 0 Å². The maximum Gasteiger partial charge on any atom is 0.157 e. The minimum absolute atomic E-state index is 0.0118. The molecule has 15 heavy (non-hydrogen) atoms. The van der Waals surface area contributed by atoms with Crippen LogP contribution in [0.15, 0.2) is 12.4 Å². The van der Waals surface area contributed by atoms with E-state index in [1.54, 1.807) is 17.1 Å². The van der Waals surface area contributed by atoms with Gasteiger partial charge in [-0.05, 0) is 12.8 Å². The van der Waals surface area contributed by atoms with Gasteiger partial charge in [-0.1, -0.05) is 0 Å². The van der Waals surface area contributed by atoms with Crippen LogP contribution in [0.4, 0.5) is 0 Å². The Bertz CT molecular complexity index is 424. The first-order valence-electron chi connectivity index (χ1n) is 4.91. The molecule has 2 rings (SSSR count). The quantitative estimate of drug-likeness (QED) is 0.736. The average Bonchev–Trinajstić information content (AvgIpc) is 2.55. The number of aromatic nitrogens is 2. The Morgan fingerprint density at radius 2 is 2.13 bits per heavy atom. The minimum Gasteiger partial charge on any atom is -0.487 e. The standard InChI is InChI=1S/C9H14N2O3S/c1-11-7-9(6-10-11)14-8-2-4-15(12,13)5-3-8/h6-8H,2-5H2,1H3. The van der Waals surface area contributed by atoms with Crippen LogP contribution < -0.4 is 4.74 Å². The molecule has 0 spiro atoms. The molecule has 1 fully saturated rings. The second kappa shape index (κ2) is 3.84. The summed E-state index contributed by atoms with van der Waals surface area (Å²) in [7, 11) is -0.986. The fourth-order valence-electron chi connectivity index (χ4n) is 1.64. The van der Waals surface area contributed by atoms with Gasteiger partial charge >= 0.3 is 0 Å². The van der Waals surface area contributed by atoms with Crippen molar-refractivity contribution in [2.45, 2.75) is 18.9 Å². The van der Waals surface area contributed by atoms with Gasteiger partial charge in [-0.15, -0.1) is 0 Å². The molecular formula is C9H14N2O3S. The highest BCUT2D eigenvalue weighted by atomic mass is 32.2. The van der Waals surface area contributed by atoms with Gasteiger partial charge in [0.15, 0.2) is 15.6 Å². The molecule has 1 aromatic rings. The van der Waals surface area contributed by atoms with Crippen LogP contribution in [0.2, 0.25) is 0 Å². The van der Waals surface area contributed by atoms with Crippen molar-refractivity contribution >= 4 is 9.84 Å². The van der Waals surface area contributed by atoms with Crippen molar-refractivity contribution in [1.82, 2.24) is 9.78 Å². The van der Waals surface area contributed by atoms with Crippen molar-refractivity contribution in [3.05, 3.63) is 12.4 Å². The largest absolute Gasteiger partial charge is 0.487 e. The maximum atomic E-state index is 11.2. The van der Waals surface area contributed by atoms with E-state index in [-0.39, 0.29) is 17.6 Å². The van der Waals surface area contributed by atoms with Gasteiger partial charge in [0.1, 0.15) is 6.10 Å². The SMILES string of the molecule is Cn1cc(OC2CCS(=O)(=O)CC2)cn1. The van der Waals surface area contributed by atoms with E-state index in [1.165, 1.54) is 0 Å². The summed E-state index contributed by atoms with van der Waals surface area (Å²) in [5.41, 5.74) is 0. The van der Waals surface area contributed by atoms with Crippen molar-refractivity contribution in [3.8, 4) is 5.75 Å². The van der Waals surface area contributed by atoms with Gasteiger partial charge < -0.3 is 4.74 Å². The summed E-state index contributed by atoms with van der Waals surface area (Å²) in [5.74, 6) is 1.18. The van der Waals surface area contributed by atoms with Crippen LogP contribution in [0.3, 0.4) is 0 Å². The molecule has 5 nitrogen and oxygen atoms in total. The fraction of sp³-hybridized carbons (Fsp3) is 0.667. The lowest BCUT2D eigenvalue weighted by Gasteiger charge is -2.22. The Kier molecular flexibility index (Phi) is 2.68. The van der Waals surface area contributed by atoms with Crippen LogP contribution in [0.25, 0.3) is 0 Å². The van der Waals surface area contributed by atoms with E-state index in [9.17, 15) is 8.42 Å². The van der Waals surface area contributed by atoms with Crippen LogP contribution in [-0.4, -0.2) is 35.8 Å². The maximum absolute atomic E-state index is 11.2. The molecule has 1 aliphatic rings. The Balaban J connectivity index is 1.92. The van der Waals surface area contributed by atoms with Crippen LogP contribution in [-0.2, 0) is 16.9 Å². The highest BCUT2D eigenvalue weighted by Gasteiger charge is 2.24. The number of aryl methyl sites for hydroxylation is 1. The van der Waals surface area contributed by atoms with Gasteiger partial charge in [0.05, 0.1) is 23.9 Å². The van der Waals surface area contributed by atoms with E-state index in [0.29, 0.717) is 18.6 Å². The van der Waals surface area contributed by atoms with E-state index >= 15 is 0 Å². The number of nitrogens with zero attached hydrogens (tertiary/aromatic N) is 2. The Morgan fingerprint density at radius 1 is 1.47 bits per heavy atom. The third kappa shape index (κ3) is 2.71. The summed E-state index contributed by atoms with van der Waals surface area (Å²) in [5, 5.41) is 3.98. The normalized spacial score (nSPS) is 21.4. The van der Waals surface area contributed by atoms with Crippen LogP contribution >= 0.6 is 0 Å². The zero-order valence-corrected chi connectivity index (χ0v) is 9.40. The monoisotopic (exact) mass is 230 g/mol. The van der Waals surface area contributed by atoms with Gasteiger partial charge in [-0.2, -0.15) is 5.10 Å². The summed E-state index contributed by atoms with van der Waals surface area (Å²) in [6.07, 6.45) is 4.60. The second-order valence-corrected chi connectivity index (χ2v) is 6.12. The average molecular weight is 230 g/mol. The van der Waals surface area contributed by atoms with Crippen LogP contribution in [0.1, 0.15) is 12.8 Å². The van der Waals surface area contributed by atoms with Crippen molar-refractivity contribution in [2.24, 2.45) is 7.05 Å². The molecule has 2 heterocycles. The summed E-state index contributed by atoms with van der Waals surface area (Å²) in [6, 6.07) is 0. The molecule has 0 radical (unpaired) electrons. The Morgan fingerprint density at radius 3 is 2.67 bits per heavy atom. The van der Waals surface area contributed by atoms with E-state index in [0.717, 1.165) is 0 Å². The molecule has 6 heteroatoms. The van der Waals surface area contributed by atoms with E-state index < -0.39 is 9.84 Å². The third-order valence-electron chi connectivity index (χ3n) is 2.49. The lowest BCUT2D eigenvalue weighted by atomic mass is 10.2. The Hall–Kier alpha value is -1.04. The molecule has 0 aromatic carbocycles. The molecule has 1 aromatic heterocycles. The smallest absolute Gasteiger partial charge is 0.157 e. The predicted molar refractivity (Wildman–Crippen MR) is 55.5 cm³/mol. The van der Waals surface area contributed by atoms with E-state index in [4.69, 9.17) is 4.74 Å². The van der Waals surface area contributed by atoms with Crippen LogP contribution in [0, 0.1) is 0 Å². The molecule has 0 aliphatic carbocycles. The first-order chi connectivity index (χ1) is 7.05. The molecule has 0 amide bonds. The summed E-state index contributed by atoms with van der Waals surface area (Å²) in [6.45, 7) is 0.